The number of fused-ring (bicyclic) bond motifs is 1. The summed E-state index contributed by atoms with van der Waals surface area (Å²) in [7, 11) is 0. The molecule has 2 aliphatic rings. The highest BCUT2D eigenvalue weighted by molar-refractivity contribution is 5.55. The molecule has 4 rings (SSSR count). The summed E-state index contributed by atoms with van der Waals surface area (Å²) in [4.78, 5) is 8.44. The van der Waals surface area contributed by atoms with E-state index in [2.05, 4.69) is 20.4 Å². The van der Waals surface area contributed by atoms with Gasteiger partial charge in [0, 0.05) is 11.6 Å². The molecular formula is C12H16N6O3. The fourth-order valence-electron chi connectivity index (χ4n) is 2.36. The number of nitrogens with zero attached hydrogens (tertiary/aromatic N) is 4. The van der Waals surface area contributed by atoms with Crippen molar-refractivity contribution in [3.05, 3.63) is 11.8 Å². The van der Waals surface area contributed by atoms with E-state index in [-0.39, 0.29) is 18.7 Å². The summed E-state index contributed by atoms with van der Waals surface area (Å²) in [5.41, 5.74) is 7.16. The Morgan fingerprint density at radius 3 is 3.00 bits per heavy atom. The number of anilines is 2. The molecule has 2 aromatic rings. The monoisotopic (exact) mass is 292 g/mol. The predicted octanol–water partition coefficient (Wildman–Crippen LogP) is -0.313. The quantitative estimate of drug-likeness (QED) is 0.701. The first-order valence-electron chi connectivity index (χ1n) is 6.90. The van der Waals surface area contributed by atoms with Gasteiger partial charge in [0.2, 0.25) is 11.9 Å². The molecule has 2 unspecified atom stereocenters. The van der Waals surface area contributed by atoms with Crippen LogP contribution in [0.25, 0.3) is 5.65 Å². The van der Waals surface area contributed by atoms with Gasteiger partial charge in [0.1, 0.15) is 6.10 Å². The molecule has 9 heteroatoms. The Morgan fingerprint density at radius 2 is 2.29 bits per heavy atom. The third-order valence-electron chi connectivity index (χ3n) is 3.57. The van der Waals surface area contributed by atoms with Gasteiger partial charge in [0.15, 0.2) is 11.9 Å². The number of rotatable bonds is 4. The molecule has 0 radical (unpaired) electrons. The molecule has 1 saturated carbocycles. The van der Waals surface area contributed by atoms with Crippen molar-refractivity contribution in [1.29, 1.82) is 0 Å². The lowest BCUT2D eigenvalue weighted by Gasteiger charge is -2.09. The topological polar surface area (TPSA) is 120 Å². The third-order valence-corrected chi connectivity index (χ3v) is 3.57. The molecule has 112 valence electrons. The van der Waals surface area contributed by atoms with Gasteiger partial charge in [-0.3, -0.25) is 0 Å². The second-order valence-corrected chi connectivity index (χ2v) is 5.23. The molecule has 1 aliphatic heterocycles. The number of nitrogen functional groups attached to an aromatic ring is 1. The molecule has 2 fully saturated rings. The molecule has 4 N–H and O–H groups in total. The highest BCUT2D eigenvalue weighted by Gasteiger charge is 2.30. The van der Waals surface area contributed by atoms with Gasteiger partial charge in [-0.15, -0.1) is 0 Å². The van der Waals surface area contributed by atoms with Crippen molar-refractivity contribution < 1.29 is 14.6 Å². The molecule has 0 bridgehead atoms. The van der Waals surface area contributed by atoms with E-state index in [1.807, 2.05) is 0 Å². The van der Waals surface area contributed by atoms with E-state index in [1.54, 1.807) is 10.7 Å². The average Bonchev–Trinajstić information content (AvgIpc) is 3.01. The summed E-state index contributed by atoms with van der Waals surface area (Å²) in [5.74, 6) is 0.772. The Labute approximate surface area is 120 Å². The zero-order valence-corrected chi connectivity index (χ0v) is 11.3. The third kappa shape index (κ3) is 2.28. The number of aromatic nitrogens is 4. The maximum Gasteiger partial charge on any atom is 0.229 e. The molecule has 2 atom stereocenters. The fourth-order valence-corrected chi connectivity index (χ4v) is 2.36. The predicted molar refractivity (Wildman–Crippen MR) is 72.5 cm³/mol. The van der Waals surface area contributed by atoms with Crippen LogP contribution >= 0.6 is 0 Å². The van der Waals surface area contributed by atoms with E-state index >= 15 is 0 Å². The van der Waals surface area contributed by atoms with E-state index in [0.29, 0.717) is 24.2 Å². The largest absolute Gasteiger partial charge is 0.391 e. The highest BCUT2D eigenvalue weighted by atomic mass is 16.7. The number of nitrogens with one attached hydrogen (secondary N) is 1. The molecule has 9 nitrogen and oxygen atoms in total. The minimum Gasteiger partial charge on any atom is -0.391 e. The van der Waals surface area contributed by atoms with E-state index < -0.39 is 6.29 Å². The van der Waals surface area contributed by atoms with Gasteiger partial charge >= 0.3 is 0 Å². The van der Waals surface area contributed by atoms with E-state index in [4.69, 9.17) is 20.3 Å². The second kappa shape index (κ2) is 4.79. The lowest BCUT2D eigenvalue weighted by Crippen LogP contribution is -2.13. The van der Waals surface area contributed by atoms with E-state index in [0.717, 1.165) is 18.4 Å². The average molecular weight is 292 g/mol. The summed E-state index contributed by atoms with van der Waals surface area (Å²) >= 11 is 0. The highest BCUT2D eigenvalue weighted by Crippen LogP contribution is 2.30. The number of nitrogens with two attached hydrogens (primary N) is 1. The minimum atomic E-state index is -0.604. The first kappa shape index (κ1) is 12.7. The minimum absolute atomic E-state index is 0.179. The van der Waals surface area contributed by atoms with Crippen molar-refractivity contribution in [1.82, 2.24) is 19.6 Å². The van der Waals surface area contributed by atoms with Gasteiger partial charge in [-0.05, 0) is 12.8 Å². The number of hydrogen-bond acceptors (Lipinski definition) is 8. The van der Waals surface area contributed by atoms with Gasteiger partial charge in [-0.2, -0.15) is 19.6 Å². The van der Waals surface area contributed by atoms with Crippen molar-refractivity contribution in [2.45, 2.75) is 31.3 Å². The Morgan fingerprint density at radius 1 is 1.43 bits per heavy atom. The van der Waals surface area contributed by atoms with Crippen molar-refractivity contribution in [3.63, 3.8) is 0 Å². The molecule has 21 heavy (non-hydrogen) atoms. The molecule has 0 aromatic carbocycles. The van der Waals surface area contributed by atoms with Gasteiger partial charge in [-0.25, -0.2) is 0 Å². The van der Waals surface area contributed by atoms with Crippen LogP contribution in [-0.2, 0) is 9.47 Å². The standard InChI is InChI=1S/C12H16N6O3/c13-11-16-10-7(8-5-20-9(4-19)21-8)3-14-18(10)12(17-11)15-6-1-2-6/h3,6,8-9,19H,1-2,4-5H2,(H3,13,15,16,17). The summed E-state index contributed by atoms with van der Waals surface area (Å²) in [6, 6.07) is 0.431. The molecule has 1 saturated heterocycles. The normalized spacial score (nSPS) is 25.6. The smallest absolute Gasteiger partial charge is 0.229 e. The molecular weight excluding hydrogens is 276 g/mol. The molecule has 1 aliphatic carbocycles. The van der Waals surface area contributed by atoms with Crippen molar-refractivity contribution >= 4 is 17.5 Å². The maximum atomic E-state index is 9.06. The first-order chi connectivity index (χ1) is 10.2. The van der Waals surface area contributed by atoms with Crippen LogP contribution in [0.4, 0.5) is 11.9 Å². The molecule has 0 spiro atoms. The van der Waals surface area contributed by atoms with Crippen molar-refractivity contribution in [3.8, 4) is 0 Å². The number of aliphatic hydroxyl groups excluding tert-OH is 1. The lowest BCUT2D eigenvalue weighted by atomic mass is 10.2. The van der Waals surface area contributed by atoms with Gasteiger partial charge in [0.05, 0.1) is 19.4 Å². The van der Waals surface area contributed by atoms with Crippen LogP contribution in [-0.4, -0.2) is 50.2 Å². The van der Waals surface area contributed by atoms with Crippen molar-refractivity contribution in [2.24, 2.45) is 0 Å². The van der Waals surface area contributed by atoms with Gasteiger partial charge < -0.3 is 25.6 Å². The van der Waals surface area contributed by atoms with E-state index in [9.17, 15) is 0 Å². The van der Waals surface area contributed by atoms with Crippen LogP contribution in [0, 0.1) is 0 Å². The zero-order valence-electron chi connectivity index (χ0n) is 11.3. The maximum absolute atomic E-state index is 9.06. The zero-order chi connectivity index (χ0) is 14.4. The molecule has 0 amide bonds. The Balaban J connectivity index is 1.71. The van der Waals surface area contributed by atoms with Crippen molar-refractivity contribution in [2.75, 3.05) is 24.3 Å². The lowest BCUT2D eigenvalue weighted by molar-refractivity contribution is -0.0880. The summed E-state index contributed by atoms with van der Waals surface area (Å²) in [6.45, 7) is 0.170. The Bertz CT molecular complexity index is 670. The SMILES string of the molecule is Nc1nc(NC2CC2)n2ncc(C3COC(CO)O3)c2n1. The van der Waals surface area contributed by atoms with E-state index in [1.165, 1.54) is 0 Å². The molecule has 2 aromatic heterocycles. The second-order valence-electron chi connectivity index (χ2n) is 5.23. The first-order valence-corrected chi connectivity index (χ1v) is 6.90. The van der Waals surface area contributed by atoms with Gasteiger partial charge in [0.25, 0.3) is 0 Å². The number of aliphatic hydroxyl groups is 1. The Kier molecular flexibility index (Phi) is 2.91. The molecule has 3 heterocycles. The fraction of sp³-hybridized carbons (Fsp3) is 0.583. The summed E-state index contributed by atoms with van der Waals surface area (Å²) in [6.07, 6.45) is 3.00. The van der Waals surface area contributed by atoms with Crippen LogP contribution in [0.5, 0.6) is 0 Å². The van der Waals surface area contributed by atoms with Crippen LogP contribution < -0.4 is 11.1 Å². The van der Waals surface area contributed by atoms with Crippen LogP contribution in [0.3, 0.4) is 0 Å². The van der Waals surface area contributed by atoms with Crippen LogP contribution in [0.1, 0.15) is 24.5 Å². The van der Waals surface area contributed by atoms with Crippen LogP contribution in [0.2, 0.25) is 0 Å². The van der Waals surface area contributed by atoms with Crippen LogP contribution in [0.15, 0.2) is 6.20 Å². The Hall–Kier alpha value is -1.97. The van der Waals surface area contributed by atoms with Gasteiger partial charge in [-0.1, -0.05) is 0 Å². The number of ether oxygens (including phenoxy) is 2. The number of hydrogen-bond donors (Lipinski definition) is 3. The summed E-state index contributed by atoms with van der Waals surface area (Å²) in [5, 5.41) is 16.7. The summed E-state index contributed by atoms with van der Waals surface area (Å²) < 4.78 is 12.5.